The van der Waals surface area contributed by atoms with E-state index in [0.717, 1.165) is 0 Å². The molecule has 5 heteroatoms. The number of Topliss-reactive ketones (excluding diaryl/α,β-unsaturated/α-hetero) is 1. The van der Waals surface area contributed by atoms with Crippen LogP contribution in [-0.4, -0.2) is 29.6 Å². The number of rotatable bonds is 6. The fourth-order valence-corrected chi connectivity index (χ4v) is 1.92. The standard InChI is InChI=1S/C15H22N2O3/c1-10(7-11(2)18)9-16-15(20)17-14-6-4-5-13(8-14)12(3)19/h4-6,8,10-11,18H,7,9H2,1-3H3,(H2,16,17,20). The second kappa shape index (κ2) is 7.65. The number of benzene rings is 1. The summed E-state index contributed by atoms with van der Waals surface area (Å²) in [5.74, 6) is 0.156. The van der Waals surface area contributed by atoms with Crippen LogP contribution in [0.5, 0.6) is 0 Å². The molecule has 1 aromatic rings. The van der Waals surface area contributed by atoms with E-state index in [9.17, 15) is 14.7 Å². The van der Waals surface area contributed by atoms with E-state index in [4.69, 9.17) is 0 Å². The van der Waals surface area contributed by atoms with Gasteiger partial charge in [0.05, 0.1) is 6.10 Å². The molecule has 2 unspecified atom stereocenters. The molecule has 0 spiro atoms. The van der Waals surface area contributed by atoms with Crippen LogP contribution in [0.4, 0.5) is 10.5 Å². The first-order valence-corrected chi connectivity index (χ1v) is 6.72. The van der Waals surface area contributed by atoms with Crippen molar-refractivity contribution in [3.05, 3.63) is 29.8 Å². The number of carbonyl (C=O) groups excluding carboxylic acids is 2. The van der Waals surface area contributed by atoms with Gasteiger partial charge in [0.1, 0.15) is 0 Å². The van der Waals surface area contributed by atoms with Crippen molar-refractivity contribution in [1.29, 1.82) is 0 Å². The molecule has 0 saturated carbocycles. The molecule has 0 aliphatic rings. The maximum atomic E-state index is 11.7. The third-order valence-corrected chi connectivity index (χ3v) is 2.88. The fraction of sp³-hybridized carbons (Fsp3) is 0.467. The molecule has 3 N–H and O–H groups in total. The Morgan fingerprint density at radius 2 is 2.00 bits per heavy atom. The van der Waals surface area contributed by atoms with Crippen LogP contribution in [0.15, 0.2) is 24.3 Å². The lowest BCUT2D eigenvalue weighted by molar-refractivity contribution is 0.101. The quantitative estimate of drug-likeness (QED) is 0.699. The van der Waals surface area contributed by atoms with Crippen LogP contribution < -0.4 is 10.6 Å². The van der Waals surface area contributed by atoms with E-state index in [0.29, 0.717) is 24.2 Å². The number of aliphatic hydroxyl groups excluding tert-OH is 1. The summed E-state index contributed by atoms with van der Waals surface area (Å²) in [4.78, 5) is 23.0. The molecule has 0 fully saturated rings. The van der Waals surface area contributed by atoms with Crippen molar-refractivity contribution in [3.63, 3.8) is 0 Å². The van der Waals surface area contributed by atoms with Crippen LogP contribution in [0.25, 0.3) is 0 Å². The van der Waals surface area contributed by atoms with Gasteiger partial charge in [0.15, 0.2) is 5.78 Å². The van der Waals surface area contributed by atoms with Crippen molar-refractivity contribution < 1.29 is 14.7 Å². The van der Waals surface area contributed by atoms with Crippen LogP contribution >= 0.6 is 0 Å². The molecule has 0 heterocycles. The van der Waals surface area contributed by atoms with Crippen LogP contribution in [0.2, 0.25) is 0 Å². The lowest BCUT2D eigenvalue weighted by Gasteiger charge is -2.14. The number of aliphatic hydroxyl groups is 1. The average Bonchev–Trinajstić information content (AvgIpc) is 2.36. The smallest absolute Gasteiger partial charge is 0.319 e. The van der Waals surface area contributed by atoms with Crippen molar-refractivity contribution >= 4 is 17.5 Å². The van der Waals surface area contributed by atoms with E-state index in [2.05, 4.69) is 10.6 Å². The highest BCUT2D eigenvalue weighted by atomic mass is 16.3. The summed E-state index contributed by atoms with van der Waals surface area (Å²) < 4.78 is 0. The summed E-state index contributed by atoms with van der Waals surface area (Å²) in [6.07, 6.45) is 0.266. The molecular formula is C15H22N2O3. The molecule has 1 rings (SSSR count). The topological polar surface area (TPSA) is 78.4 Å². The first-order valence-electron chi connectivity index (χ1n) is 6.72. The van der Waals surface area contributed by atoms with Gasteiger partial charge in [-0.15, -0.1) is 0 Å². The molecule has 0 aliphatic carbocycles. The summed E-state index contributed by atoms with van der Waals surface area (Å²) in [5, 5.41) is 14.7. The van der Waals surface area contributed by atoms with E-state index < -0.39 is 0 Å². The van der Waals surface area contributed by atoms with Crippen LogP contribution in [-0.2, 0) is 0 Å². The molecule has 0 aromatic heterocycles. The number of anilines is 1. The fourth-order valence-electron chi connectivity index (χ4n) is 1.92. The molecule has 0 radical (unpaired) electrons. The summed E-state index contributed by atoms with van der Waals surface area (Å²) in [6.45, 7) is 5.66. The Morgan fingerprint density at radius 1 is 1.30 bits per heavy atom. The average molecular weight is 278 g/mol. The van der Waals surface area contributed by atoms with Crippen molar-refractivity contribution in [3.8, 4) is 0 Å². The Bertz CT molecular complexity index is 472. The number of nitrogens with one attached hydrogen (secondary N) is 2. The van der Waals surface area contributed by atoms with Crippen LogP contribution in [0, 0.1) is 5.92 Å². The molecule has 1 aromatic carbocycles. The summed E-state index contributed by atoms with van der Waals surface area (Å²) >= 11 is 0. The highest BCUT2D eigenvalue weighted by molar-refractivity contribution is 5.96. The van der Waals surface area contributed by atoms with E-state index in [1.807, 2.05) is 6.92 Å². The van der Waals surface area contributed by atoms with Gasteiger partial charge in [-0.3, -0.25) is 4.79 Å². The Labute approximate surface area is 119 Å². The maximum absolute atomic E-state index is 11.7. The normalized spacial score (nSPS) is 13.4. The Balaban J connectivity index is 2.46. The number of amides is 2. The van der Waals surface area contributed by atoms with Gasteiger partial charge in [0, 0.05) is 17.8 Å². The van der Waals surface area contributed by atoms with Gasteiger partial charge < -0.3 is 15.7 Å². The lowest BCUT2D eigenvalue weighted by atomic mass is 10.1. The highest BCUT2D eigenvalue weighted by Gasteiger charge is 2.09. The van der Waals surface area contributed by atoms with Crippen LogP contribution in [0.3, 0.4) is 0 Å². The molecule has 110 valence electrons. The minimum Gasteiger partial charge on any atom is -0.393 e. The minimum absolute atomic E-state index is 0.0420. The Morgan fingerprint density at radius 3 is 2.60 bits per heavy atom. The van der Waals surface area contributed by atoms with Gasteiger partial charge in [-0.05, 0) is 38.3 Å². The molecule has 0 bridgehead atoms. The molecule has 2 amide bonds. The Hall–Kier alpha value is -1.88. The number of hydrogen-bond donors (Lipinski definition) is 3. The zero-order chi connectivity index (χ0) is 15.1. The van der Waals surface area contributed by atoms with Gasteiger partial charge in [0.25, 0.3) is 0 Å². The Kier molecular flexibility index (Phi) is 6.18. The SMILES string of the molecule is CC(=O)c1cccc(NC(=O)NCC(C)CC(C)O)c1. The zero-order valence-electron chi connectivity index (χ0n) is 12.1. The van der Waals surface area contributed by atoms with E-state index in [1.165, 1.54) is 6.92 Å². The van der Waals surface area contributed by atoms with Crippen LogP contribution in [0.1, 0.15) is 37.6 Å². The van der Waals surface area contributed by atoms with Crippen molar-refractivity contribution in [2.75, 3.05) is 11.9 Å². The third kappa shape index (κ3) is 5.84. The van der Waals surface area contributed by atoms with Gasteiger partial charge in [-0.2, -0.15) is 0 Å². The van der Waals surface area contributed by atoms with Gasteiger partial charge in [-0.1, -0.05) is 19.1 Å². The maximum Gasteiger partial charge on any atom is 0.319 e. The van der Waals surface area contributed by atoms with Gasteiger partial charge >= 0.3 is 6.03 Å². The number of urea groups is 1. The monoisotopic (exact) mass is 278 g/mol. The first kappa shape index (κ1) is 16.2. The molecule has 2 atom stereocenters. The predicted octanol–water partition coefficient (Wildman–Crippen LogP) is 2.42. The number of carbonyl (C=O) groups is 2. The van der Waals surface area contributed by atoms with Crippen molar-refractivity contribution in [2.45, 2.75) is 33.3 Å². The second-order valence-corrected chi connectivity index (χ2v) is 5.16. The summed E-state index contributed by atoms with van der Waals surface area (Å²) in [6, 6.07) is 6.48. The van der Waals surface area contributed by atoms with Gasteiger partial charge in [0.2, 0.25) is 0 Å². The molecule has 20 heavy (non-hydrogen) atoms. The van der Waals surface area contributed by atoms with Crippen molar-refractivity contribution in [2.24, 2.45) is 5.92 Å². The van der Waals surface area contributed by atoms with Crippen molar-refractivity contribution in [1.82, 2.24) is 5.32 Å². The van der Waals surface area contributed by atoms with E-state index >= 15 is 0 Å². The van der Waals surface area contributed by atoms with Gasteiger partial charge in [-0.25, -0.2) is 4.79 Å². The second-order valence-electron chi connectivity index (χ2n) is 5.16. The molecule has 5 nitrogen and oxygen atoms in total. The number of ketones is 1. The third-order valence-electron chi connectivity index (χ3n) is 2.88. The summed E-state index contributed by atoms with van der Waals surface area (Å²) in [5.41, 5.74) is 1.14. The molecule has 0 saturated heterocycles. The predicted molar refractivity (Wildman–Crippen MR) is 78.9 cm³/mol. The zero-order valence-corrected chi connectivity index (χ0v) is 12.1. The minimum atomic E-state index is -0.373. The molecule has 0 aliphatic heterocycles. The summed E-state index contributed by atoms with van der Waals surface area (Å²) in [7, 11) is 0. The van der Waals surface area contributed by atoms with E-state index in [-0.39, 0.29) is 23.8 Å². The number of hydrogen-bond acceptors (Lipinski definition) is 3. The largest absolute Gasteiger partial charge is 0.393 e. The van der Waals surface area contributed by atoms with E-state index in [1.54, 1.807) is 31.2 Å². The lowest BCUT2D eigenvalue weighted by Crippen LogP contribution is -2.33. The highest BCUT2D eigenvalue weighted by Crippen LogP contribution is 2.11. The molecular weight excluding hydrogens is 256 g/mol. The first-order chi connectivity index (χ1) is 9.38.